The number of aromatic nitrogens is 2. The van der Waals surface area contributed by atoms with E-state index in [4.69, 9.17) is 5.73 Å². The van der Waals surface area contributed by atoms with E-state index in [0.717, 1.165) is 12.2 Å². The standard InChI is InChI=1S/C12H15N3/c1-8-5-12-10(11-6-9(11)7-13)3-2-4-15(12)14-8/h2-5,9,11H,6-7,13H2,1H3/t9-,11+/m1/s1. The highest BCUT2D eigenvalue weighted by Gasteiger charge is 2.38. The van der Waals surface area contributed by atoms with E-state index in [2.05, 4.69) is 23.3 Å². The van der Waals surface area contributed by atoms with Crippen molar-refractivity contribution in [2.24, 2.45) is 11.7 Å². The lowest BCUT2D eigenvalue weighted by molar-refractivity contribution is 0.808. The molecule has 2 heterocycles. The molecule has 1 aliphatic carbocycles. The van der Waals surface area contributed by atoms with Crippen LogP contribution in [0.5, 0.6) is 0 Å². The maximum absolute atomic E-state index is 5.69. The predicted octanol–water partition coefficient (Wildman–Crippen LogP) is 1.70. The fourth-order valence-corrected chi connectivity index (χ4v) is 2.36. The van der Waals surface area contributed by atoms with Gasteiger partial charge in [0.2, 0.25) is 0 Å². The highest BCUT2D eigenvalue weighted by Crippen LogP contribution is 2.47. The lowest BCUT2D eigenvalue weighted by atomic mass is 10.1. The largest absolute Gasteiger partial charge is 0.330 e. The van der Waals surface area contributed by atoms with Gasteiger partial charge in [-0.05, 0) is 49.4 Å². The van der Waals surface area contributed by atoms with Crippen LogP contribution in [-0.4, -0.2) is 16.2 Å². The van der Waals surface area contributed by atoms with Crippen LogP contribution in [0.25, 0.3) is 5.52 Å². The van der Waals surface area contributed by atoms with Crippen LogP contribution in [0.1, 0.15) is 23.6 Å². The minimum absolute atomic E-state index is 0.662. The number of hydrogen-bond donors (Lipinski definition) is 1. The molecule has 0 spiro atoms. The van der Waals surface area contributed by atoms with Crippen LogP contribution in [0.3, 0.4) is 0 Å². The summed E-state index contributed by atoms with van der Waals surface area (Å²) in [5, 5.41) is 4.42. The fraction of sp³-hybridized carbons (Fsp3) is 0.417. The molecule has 2 N–H and O–H groups in total. The normalized spacial score (nSPS) is 24.7. The Morgan fingerprint density at radius 3 is 3.20 bits per heavy atom. The van der Waals surface area contributed by atoms with Gasteiger partial charge < -0.3 is 5.73 Å². The van der Waals surface area contributed by atoms with Crippen molar-refractivity contribution in [1.82, 2.24) is 9.61 Å². The van der Waals surface area contributed by atoms with E-state index in [1.807, 2.05) is 17.6 Å². The lowest BCUT2D eigenvalue weighted by Crippen LogP contribution is -2.02. The molecule has 0 aliphatic heterocycles. The van der Waals surface area contributed by atoms with Crippen molar-refractivity contribution in [3.63, 3.8) is 0 Å². The predicted molar refractivity (Wildman–Crippen MR) is 59.8 cm³/mol. The van der Waals surface area contributed by atoms with Gasteiger partial charge in [-0.25, -0.2) is 4.52 Å². The van der Waals surface area contributed by atoms with Crippen molar-refractivity contribution < 1.29 is 0 Å². The van der Waals surface area contributed by atoms with Gasteiger partial charge in [0.05, 0.1) is 11.2 Å². The topological polar surface area (TPSA) is 43.3 Å². The van der Waals surface area contributed by atoms with E-state index < -0.39 is 0 Å². The highest BCUT2D eigenvalue weighted by molar-refractivity contribution is 5.58. The maximum atomic E-state index is 5.69. The summed E-state index contributed by atoms with van der Waals surface area (Å²) in [6.07, 6.45) is 3.24. The van der Waals surface area contributed by atoms with Gasteiger partial charge in [-0.2, -0.15) is 5.10 Å². The SMILES string of the molecule is Cc1cc2c([C@H]3C[C@@H]3CN)cccn2n1. The first-order valence-electron chi connectivity index (χ1n) is 5.44. The number of fused-ring (bicyclic) bond motifs is 1. The Labute approximate surface area is 88.9 Å². The van der Waals surface area contributed by atoms with E-state index in [1.165, 1.54) is 17.5 Å². The molecule has 78 valence electrons. The summed E-state index contributed by atoms with van der Waals surface area (Å²) in [6.45, 7) is 2.84. The second-order valence-electron chi connectivity index (χ2n) is 4.42. The Balaban J connectivity index is 2.10. The summed E-state index contributed by atoms with van der Waals surface area (Å²) in [4.78, 5) is 0. The van der Waals surface area contributed by atoms with Gasteiger partial charge in [0.15, 0.2) is 0 Å². The lowest BCUT2D eigenvalue weighted by Gasteiger charge is -2.01. The summed E-state index contributed by atoms with van der Waals surface area (Å²) in [5.41, 5.74) is 9.42. The molecule has 1 aliphatic rings. The van der Waals surface area contributed by atoms with Crippen LogP contribution in [0.4, 0.5) is 0 Å². The van der Waals surface area contributed by atoms with Crippen LogP contribution >= 0.6 is 0 Å². The zero-order chi connectivity index (χ0) is 10.4. The molecular weight excluding hydrogens is 186 g/mol. The Morgan fingerprint density at radius 1 is 1.60 bits per heavy atom. The summed E-state index contributed by atoms with van der Waals surface area (Å²) in [6, 6.07) is 6.43. The minimum atomic E-state index is 0.662. The molecule has 0 amide bonds. The molecule has 2 aromatic rings. The monoisotopic (exact) mass is 201 g/mol. The molecule has 2 aromatic heterocycles. The molecule has 3 nitrogen and oxygen atoms in total. The van der Waals surface area contributed by atoms with Gasteiger partial charge >= 0.3 is 0 Å². The van der Waals surface area contributed by atoms with Gasteiger partial charge in [-0.15, -0.1) is 0 Å². The fourth-order valence-electron chi connectivity index (χ4n) is 2.36. The molecule has 3 heteroatoms. The Kier molecular flexibility index (Phi) is 1.83. The summed E-state index contributed by atoms with van der Waals surface area (Å²) >= 11 is 0. The molecule has 3 rings (SSSR count). The van der Waals surface area contributed by atoms with E-state index in [1.54, 1.807) is 0 Å². The van der Waals surface area contributed by atoms with Crippen molar-refractivity contribution in [3.8, 4) is 0 Å². The van der Waals surface area contributed by atoms with Crippen molar-refractivity contribution >= 4 is 5.52 Å². The number of nitrogens with zero attached hydrogens (tertiary/aromatic N) is 2. The third-order valence-corrected chi connectivity index (χ3v) is 3.28. The van der Waals surface area contributed by atoms with E-state index in [0.29, 0.717) is 11.8 Å². The molecule has 2 atom stereocenters. The highest BCUT2D eigenvalue weighted by atomic mass is 15.2. The van der Waals surface area contributed by atoms with Crippen LogP contribution in [-0.2, 0) is 0 Å². The van der Waals surface area contributed by atoms with Gasteiger partial charge in [0.1, 0.15) is 0 Å². The Bertz CT molecular complexity index is 501. The number of rotatable bonds is 2. The molecule has 15 heavy (non-hydrogen) atoms. The van der Waals surface area contributed by atoms with Crippen molar-refractivity contribution in [3.05, 3.63) is 35.7 Å². The van der Waals surface area contributed by atoms with Crippen LogP contribution in [0.2, 0.25) is 0 Å². The van der Waals surface area contributed by atoms with Crippen LogP contribution in [0.15, 0.2) is 24.4 Å². The van der Waals surface area contributed by atoms with Gasteiger partial charge in [-0.1, -0.05) is 6.07 Å². The van der Waals surface area contributed by atoms with E-state index >= 15 is 0 Å². The second kappa shape index (κ2) is 3.07. The minimum Gasteiger partial charge on any atom is -0.330 e. The first-order valence-corrected chi connectivity index (χ1v) is 5.44. The Hall–Kier alpha value is -1.35. The third kappa shape index (κ3) is 1.35. The molecule has 1 fully saturated rings. The summed E-state index contributed by atoms with van der Waals surface area (Å²) < 4.78 is 1.97. The zero-order valence-electron chi connectivity index (χ0n) is 8.85. The molecule has 0 bridgehead atoms. The maximum Gasteiger partial charge on any atom is 0.0699 e. The molecular formula is C12H15N3. The molecule has 0 saturated heterocycles. The first kappa shape index (κ1) is 8.92. The van der Waals surface area contributed by atoms with Gasteiger partial charge in [0.25, 0.3) is 0 Å². The third-order valence-electron chi connectivity index (χ3n) is 3.28. The zero-order valence-corrected chi connectivity index (χ0v) is 8.85. The van der Waals surface area contributed by atoms with Crippen LogP contribution in [0, 0.1) is 12.8 Å². The van der Waals surface area contributed by atoms with Gasteiger partial charge in [0, 0.05) is 6.20 Å². The smallest absolute Gasteiger partial charge is 0.0699 e. The van der Waals surface area contributed by atoms with Crippen molar-refractivity contribution in [2.75, 3.05) is 6.54 Å². The van der Waals surface area contributed by atoms with Crippen molar-refractivity contribution in [2.45, 2.75) is 19.3 Å². The van der Waals surface area contributed by atoms with Crippen LogP contribution < -0.4 is 5.73 Å². The summed E-state index contributed by atoms with van der Waals surface area (Å²) in [7, 11) is 0. The molecule has 0 aromatic carbocycles. The average Bonchev–Trinajstić information content (AvgIpc) is 2.91. The number of aryl methyl sites for hydroxylation is 1. The van der Waals surface area contributed by atoms with Gasteiger partial charge in [-0.3, -0.25) is 0 Å². The Morgan fingerprint density at radius 2 is 2.47 bits per heavy atom. The van der Waals surface area contributed by atoms with E-state index in [-0.39, 0.29) is 0 Å². The molecule has 0 radical (unpaired) electrons. The second-order valence-corrected chi connectivity index (χ2v) is 4.42. The van der Waals surface area contributed by atoms with E-state index in [9.17, 15) is 0 Å². The van der Waals surface area contributed by atoms with Crippen molar-refractivity contribution in [1.29, 1.82) is 0 Å². The first-order chi connectivity index (χ1) is 7.29. The average molecular weight is 201 g/mol. The number of nitrogens with two attached hydrogens (primary N) is 1. The quantitative estimate of drug-likeness (QED) is 0.803. The number of pyridine rings is 1. The molecule has 1 saturated carbocycles. The summed E-state index contributed by atoms with van der Waals surface area (Å²) in [5.74, 6) is 1.35. The number of hydrogen-bond acceptors (Lipinski definition) is 2. The molecule has 0 unspecified atom stereocenters.